The number of nitrogens with one attached hydrogen (secondary N) is 1. The summed E-state index contributed by atoms with van der Waals surface area (Å²) in [6, 6.07) is 1.84. The highest BCUT2D eigenvalue weighted by atomic mass is 35.5. The maximum Gasteiger partial charge on any atom is 0.256 e. The molecule has 0 radical (unpaired) electrons. The largest absolute Gasteiger partial charge is 0.346 e. The second kappa shape index (κ2) is 4.61. The van der Waals surface area contributed by atoms with Crippen LogP contribution in [0.2, 0.25) is 5.02 Å². The van der Waals surface area contributed by atoms with E-state index in [1.807, 2.05) is 11.0 Å². The molecule has 1 aliphatic heterocycles. The predicted molar refractivity (Wildman–Crippen MR) is 70.9 cm³/mol. The van der Waals surface area contributed by atoms with E-state index in [1.54, 1.807) is 12.4 Å². The molecule has 0 aliphatic carbocycles. The number of aromatic nitrogens is 2. The molecule has 1 saturated heterocycles. The molecule has 1 fully saturated rings. The monoisotopic (exact) mass is 263 g/mol. The van der Waals surface area contributed by atoms with Gasteiger partial charge in [0.1, 0.15) is 5.65 Å². The SMILES string of the molecule is O=C(c1cnc2[nH]ccc2c1Cl)N1CCCCC1. The van der Waals surface area contributed by atoms with Gasteiger partial charge in [0.05, 0.1) is 10.6 Å². The summed E-state index contributed by atoms with van der Waals surface area (Å²) in [5.74, 6) is -0.00435. The first-order valence-corrected chi connectivity index (χ1v) is 6.56. The zero-order valence-electron chi connectivity index (χ0n) is 9.95. The molecule has 0 spiro atoms. The summed E-state index contributed by atoms with van der Waals surface area (Å²) in [7, 11) is 0. The van der Waals surface area contributed by atoms with E-state index in [-0.39, 0.29) is 5.91 Å². The number of rotatable bonds is 1. The van der Waals surface area contributed by atoms with Crippen molar-refractivity contribution in [2.75, 3.05) is 13.1 Å². The minimum atomic E-state index is -0.00435. The van der Waals surface area contributed by atoms with Gasteiger partial charge in [-0.25, -0.2) is 4.98 Å². The summed E-state index contributed by atoms with van der Waals surface area (Å²) in [6.45, 7) is 1.64. The Labute approximate surface area is 110 Å². The summed E-state index contributed by atoms with van der Waals surface area (Å²) >= 11 is 6.29. The number of likely N-dealkylation sites (tertiary alicyclic amines) is 1. The van der Waals surface area contributed by atoms with E-state index in [1.165, 1.54) is 6.42 Å². The normalized spacial score (nSPS) is 16.2. The van der Waals surface area contributed by atoms with Crippen LogP contribution in [0.1, 0.15) is 29.6 Å². The Morgan fingerprint density at radius 3 is 2.89 bits per heavy atom. The van der Waals surface area contributed by atoms with Gasteiger partial charge in [0.25, 0.3) is 5.91 Å². The second-order valence-corrected chi connectivity index (χ2v) is 4.96. The highest BCUT2D eigenvalue weighted by Crippen LogP contribution is 2.26. The van der Waals surface area contributed by atoms with Gasteiger partial charge in [0.15, 0.2) is 0 Å². The first kappa shape index (κ1) is 11.5. The molecular weight excluding hydrogens is 250 g/mol. The number of amides is 1. The van der Waals surface area contributed by atoms with Crippen molar-refractivity contribution < 1.29 is 4.79 Å². The van der Waals surface area contributed by atoms with E-state index in [0.29, 0.717) is 10.6 Å². The third-order valence-electron chi connectivity index (χ3n) is 3.39. The molecule has 2 aromatic rings. The van der Waals surface area contributed by atoms with Crippen molar-refractivity contribution in [1.82, 2.24) is 14.9 Å². The third-order valence-corrected chi connectivity index (χ3v) is 3.80. The van der Waals surface area contributed by atoms with Crippen LogP contribution in [0.3, 0.4) is 0 Å². The van der Waals surface area contributed by atoms with Crippen LogP contribution in [-0.2, 0) is 0 Å². The van der Waals surface area contributed by atoms with Crippen LogP contribution >= 0.6 is 11.6 Å². The molecule has 3 rings (SSSR count). The van der Waals surface area contributed by atoms with Crippen molar-refractivity contribution in [3.8, 4) is 0 Å². The smallest absolute Gasteiger partial charge is 0.256 e. The van der Waals surface area contributed by atoms with Crippen molar-refractivity contribution in [2.45, 2.75) is 19.3 Å². The molecule has 94 valence electrons. The van der Waals surface area contributed by atoms with Crippen molar-refractivity contribution in [1.29, 1.82) is 0 Å². The van der Waals surface area contributed by atoms with E-state index in [2.05, 4.69) is 9.97 Å². The highest BCUT2D eigenvalue weighted by molar-refractivity contribution is 6.38. The molecule has 18 heavy (non-hydrogen) atoms. The topological polar surface area (TPSA) is 49.0 Å². The first-order valence-electron chi connectivity index (χ1n) is 6.18. The number of aromatic amines is 1. The number of fused-ring (bicyclic) bond motifs is 1. The Kier molecular flexibility index (Phi) is 2.96. The summed E-state index contributed by atoms with van der Waals surface area (Å²) in [6.07, 6.45) is 6.69. The summed E-state index contributed by atoms with van der Waals surface area (Å²) in [5.41, 5.74) is 1.22. The standard InChI is InChI=1S/C13H14ClN3O/c14-11-9-4-5-15-12(9)16-8-10(11)13(18)17-6-2-1-3-7-17/h4-5,8H,1-3,6-7H2,(H,15,16). The van der Waals surface area contributed by atoms with Gasteiger partial charge >= 0.3 is 0 Å². The predicted octanol–water partition coefficient (Wildman–Crippen LogP) is 2.84. The molecule has 0 atom stereocenters. The zero-order chi connectivity index (χ0) is 12.5. The molecule has 3 heterocycles. The Hall–Kier alpha value is -1.55. The highest BCUT2D eigenvalue weighted by Gasteiger charge is 2.21. The molecule has 0 aromatic carbocycles. The van der Waals surface area contributed by atoms with Gasteiger partial charge in [-0.15, -0.1) is 0 Å². The lowest BCUT2D eigenvalue weighted by Gasteiger charge is -2.26. The summed E-state index contributed by atoms with van der Waals surface area (Å²) in [5, 5.41) is 1.30. The van der Waals surface area contributed by atoms with Gasteiger partial charge < -0.3 is 9.88 Å². The molecule has 1 aliphatic rings. The molecule has 1 amide bonds. The number of nitrogens with zero attached hydrogens (tertiary/aromatic N) is 2. The number of halogens is 1. The van der Waals surface area contributed by atoms with Gasteiger partial charge in [-0.05, 0) is 25.3 Å². The minimum Gasteiger partial charge on any atom is -0.346 e. The fourth-order valence-corrected chi connectivity index (χ4v) is 2.67. The quantitative estimate of drug-likeness (QED) is 0.860. The molecule has 0 saturated carbocycles. The van der Waals surface area contributed by atoms with E-state index < -0.39 is 0 Å². The fraction of sp³-hybridized carbons (Fsp3) is 0.385. The van der Waals surface area contributed by atoms with Crippen molar-refractivity contribution >= 4 is 28.5 Å². The van der Waals surface area contributed by atoms with Crippen molar-refractivity contribution in [2.24, 2.45) is 0 Å². The molecule has 2 aromatic heterocycles. The Balaban J connectivity index is 1.97. The maximum atomic E-state index is 12.4. The number of pyridine rings is 1. The molecular formula is C13H14ClN3O. The van der Waals surface area contributed by atoms with E-state index in [9.17, 15) is 4.79 Å². The number of piperidine rings is 1. The Morgan fingerprint density at radius 2 is 2.11 bits per heavy atom. The first-order chi connectivity index (χ1) is 8.77. The summed E-state index contributed by atoms with van der Waals surface area (Å²) < 4.78 is 0. The van der Waals surface area contributed by atoms with Gasteiger partial charge in [0.2, 0.25) is 0 Å². The second-order valence-electron chi connectivity index (χ2n) is 4.58. The maximum absolute atomic E-state index is 12.4. The average Bonchev–Trinajstić information content (AvgIpc) is 2.89. The van der Waals surface area contributed by atoms with Gasteiger partial charge in [0, 0.05) is 30.9 Å². The average molecular weight is 264 g/mol. The molecule has 0 unspecified atom stereocenters. The molecule has 4 nitrogen and oxygen atoms in total. The molecule has 0 bridgehead atoms. The number of hydrogen-bond acceptors (Lipinski definition) is 2. The van der Waals surface area contributed by atoms with Crippen molar-refractivity contribution in [3.05, 3.63) is 29.0 Å². The van der Waals surface area contributed by atoms with Crippen LogP contribution in [0.25, 0.3) is 11.0 Å². The minimum absolute atomic E-state index is 0.00435. The summed E-state index contributed by atoms with van der Waals surface area (Å²) in [4.78, 5) is 21.5. The van der Waals surface area contributed by atoms with Crippen LogP contribution in [0.4, 0.5) is 0 Å². The van der Waals surface area contributed by atoms with Crippen LogP contribution < -0.4 is 0 Å². The number of carbonyl (C=O) groups is 1. The van der Waals surface area contributed by atoms with E-state index in [0.717, 1.165) is 37.0 Å². The van der Waals surface area contributed by atoms with Crippen LogP contribution in [-0.4, -0.2) is 33.9 Å². The Morgan fingerprint density at radius 1 is 1.33 bits per heavy atom. The van der Waals surface area contributed by atoms with Crippen LogP contribution in [0.15, 0.2) is 18.5 Å². The molecule has 5 heteroatoms. The lowest BCUT2D eigenvalue weighted by molar-refractivity contribution is 0.0724. The van der Waals surface area contributed by atoms with Crippen LogP contribution in [0.5, 0.6) is 0 Å². The van der Waals surface area contributed by atoms with E-state index >= 15 is 0 Å². The van der Waals surface area contributed by atoms with Gasteiger partial charge in [-0.1, -0.05) is 11.6 Å². The number of carbonyl (C=O) groups excluding carboxylic acids is 1. The third kappa shape index (κ3) is 1.86. The lowest BCUT2D eigenvalue weighted by Crippen LogP contribution is -2.35. The van der Waals surface area contributed by atoms with Gasteiger partial charge in [-0.3, -0.25) is 4.79 Å². The zero-order valence-corrected chi connectivity index (χ0v) is 10.7. The van der Waals surface area contributed by atoms with E-state index in [4.69, 9.17) is 11.6 Å². The van der Waals surface area contributed by atoms with Crippen LogP contribution in [0, 0.1) is 0 Å². The fourth-order valence-electron chi connectivity index (χ4n) is 2.39. The lowest BCUT2D eigenvalue weighted by atomic mass is 10.1. The molecule has 1 N–H and O–H groups in total. The number of hydrogen-bond donors (Lipinski definition) is 1. The number of H-pyrrole nitrogens is 1. The van der Waals surface area contributed by atoms with Gasteiger partial charge in [-0.2, -0.15) is 0 Å². The Bertz CT molecular complexity index is 587. The van der Waals surface area contributed by atoms with Crippen molar-refractivity contribution in [3.63, 3.8) is 0 Å².